The Morgan fingerprint density at radius 3 is 2.18 bits per heavy atom. The van der Waals surface area contributed by atoms with Crippen LogP contribution in [0.4, 0.5) is 13.2 Å². The average molecular weight is 172 g/mol. The van der Waals surface area contributed by atoms with Crippen molar-refractivity contribution in [2.45, 2.75) is 26.5 Å². The quantitative estimate of drug-likeness (QED) is 0.467. The van der Waals surface area contributed by atoms with Crippen LogP contribution < -0.4 is 0 Å². The summed E-state index contributed by atoms with van der Waals surface area (Å²) in [5.74, 6) is -0.818. The Bertz CT molecular complexity index is 142. The van der Waals surface area contributed by atoms with Crippen LogP contribution in [0.2, 0.25) is 0 Å². The summed E-state index contributed by atoms with van der Waals surface area (Å²) in [5, 5.41) is 0. The minimum atomic E-state index is -4.77. The van der Waals surface area contributed by atoms with E-state index in [4.69, 9.17) is 0 Å². The van der Waals surface area contributed by atoms with Gasteiger partial charge in [-0.05, 0) is 6.92 Å². The highest BCUT2D eigenvalue weighted by Crippen LogP contribution is 2.18. The molecule has 1 atom stereocenters. The molecule has 0 aromatic rings. The third-order valence-corrected chi connectivity index (χ3v) is 0.632. The van der Waals surface area contributed by atoms with E-state index >= 15 is 0 Å². The summed E-state index contributed by atoms with van der Waals surface area (Å²) in [6.07, 6.45) is -6.36. The van der Waals surface area contributed by atoms with Gasteiger partial charge >= 0.3 is 12.3 Å². The molecule has 0 spiro atoms. The average Bonchev–Trinajstić information content (AvgIpc) is 1.53. The summed E-state index contributed by atoms with van der Waals surface area (Å²) < 4.78 is 41.4. The molecule has 3 nitrogen and oxygen atoms in total. The van der Waals surface area contributed by atoms with Gasteiger partial charge in [0.1, 0.15) is 0 Å². The van der Waals surface area contributed by atoms with E-state index in [0.717, 1.165) is 13.8 Å². The molecule has 66 valence electrons. The third-order valence-electron chi connectivity index (χ3n) is 0.632. The zero-order chi connectivity index (χ0) is 9.07. The molecule has 0 rings (SSSR count). The van der Waals surface area contributed by atoms with Gasteiger partial charge in [-0.3, -0.25) is 9.53 Å². The van der Waals surface area contributed by atoms with Crippen molar-refractivity contribution < 1.29 is 27.4 Å². The lowest BCUT2D eigenvalue weighted by molar-refractivity contribution is -0.368. The fourth-order valence-electron chi connectivity index (χ4n) is 0.446. The van der Waals surface area contributed by atoms with E-state index in [0.29, 0.717) is 0 Å². The van der Waals surface area contributed by atoms with E-state index in [2.05, 4.69) is 9.47 Å². The summed E-state index contributed by atoms with van der Waals surface area (Å²) in [5.41, 5.74) is 0. The van der Waals surface area contributed by atoms with Gasteiger partial charge in [-0.25, -0.2) is 0 Å². The second-order valence-corrected chi connectivity index (χ2v) is 1.74. The van der Waals surface area contributed by atoms with Crippen LogP contribution in [0.15, 0.2) is 0 Å². The predicted octanol–water partition coefficient (Wildman–Crippen LogP) is 1.43. The minimum absolute atomic E-state index is 0.818. The summed E-state index contributed by atoms with van der Waals surface area (Å²) in [4.78, 5) is 10.1. The van der Waals surface area contributed by atoms with Gasteiger partial charge in [0.05, 0.1) is 0 Å². The molecule has 0 aliphatic rings. The number of hydrogen-bond acceptors (Lipinski definition) is 3. The molecule has 0 fully saturated rings. The maximum Gasteiger partial charge on any atom is 0.525 e. The Balaban J connectivity index is 3.69. The Morgan fingerprint density at radius 1 is 1.45 bits per heavy atom. The van der Waals surface area contributed by atoms with Crippen molar-refractivity contribution in [2.75, 3.05) is 0 Å². The molecule has 0 aromatic heterocycles. The standard InChI is InChI=1S/C5H7F3O3/c1-3(9)10-4(2)11-5(6,7)8/h4H,1-2H3. The van der Waals surface area contributed by atoms with Gasteiger partial charge in [0.25, 0.3) is 0 Å². The van der Waals surface area contributed by atoms with Crippen molar-refractivity contribution in [1.29, 1.82) is 0 Å². The maximum atomic E-state index is 11.3. The first-order valence-corrected chi connectivity index (χ1v) is 2.73. The lowest BCUT2D eigenvalue weighted by atomic mass is 10.7. The first-order chi connectivity index (χ1) is 4.81. The highest BCUT2D eigenvalue weighted by Gasteiger charge is 2.32. The van der Waals surface area contributed by atoms with Crippen molar-refractivity contribution in [3.05, 3.63) is 0 Å². The molecule has 0 bridgehead atoms. The summed E-state index contributed by atoms with van der Waals surface area (Å²) in [7, 11) is 0. The number of ether oxygens (including phenoxy) is 2. The SMILES string of the molecule is CC(=O)OC(C)OC(F)(F)F. The first kappa shape index (κ1) is 10.2. The molecular formula is C5H7F3O3. The lowest BCUT2D eigenvalue weighted by Gasteiger charge is -2.13. The molecule has 11 heavy (non-hydrogen) atoms. The molecular weight excluding hydrogens is 165 g/mol. The van der Waals surface area contributed by atoms with E-state index in [1.165, 1.54) is 0 Å². The van der Waals surface area contributed by atoms with Gasteiger partial charge in [-0.1, -0.05) is 0 Å². The van der Waals surface area contributed by atoms with Crippen LogP contribution in [0.5, 0.6) is 0 Å². The van der Waals surface area contributed by atoms with Gasteiger partial charge in [-0.2, -0.15) is 0 Å². The molecule has 6 heteroatoms. The Labute approximate surface area is 61.1 Å². The lowest BCUT2D eigenvalue weighted by Crippen LogP contribution is -2.25. The largest absolute Gasteiger partial charge is 0.525 e. The number of hydrogen-bond donors (Lipinski definition) is 0. The van der Waals surface area contributed by atoms with Crippen molar-refractivity contribution in [3.8, 4) is 0 Å². The van der Waals surface area contributed by atoms with Crippen molar-refractivity contribution in [3.63, 3.8) is 0 Å². The number of esters is 1. The molecule has 0 aromatic carbocycles. The number of carbonyl (C=O) groups excluding carboxylic acids is 1. The topological polar surface area (TPSA) is 35.5 Å². The molecule has 0 aliphatic heterocycles. The molecule has 0 amide bonds. The molecule has 0 radical (unpaired) electrons. The second-order valence-electron chi connectivity index (χ2n) is 1.74. The normalized spacial score (nSPS) is 14.3. The Kier molecular flexibility index (Phi) is 3.31. The van der Waals surface area contributed by atoms with Gasteiger partial charge < -0.3 is 4.74 Å². The van der Waals surface area contributed by atoms with Crippen molar-refractivity contribution >= 4 is 5.97 Å². The number of halogens is 3. The number of alkyl halides is 3. The van der Waals surface area contributed by atoms with E-state index in [9.17, 15) is 18.0 Å². The second kappa shape index (κ2) is 3.56. The van der Waals surface area contributed by atoms with Crippen LogP contribution >= 0.6 is 0 Å². The number of carbonyl (C=O) groups is 1. The van der Waals surface area contributed by atoms with E-state index in [-0.39, 0.29) is 0 Å². The highest BCUT2D eigenvalue weighted by atomic mass is 19.4. The molecule has 0 heterocycles. The molecule has 0 saturated carbocycles. The Morgan fingerprint density at radius 2 is 1.91 bits per heavy atom. The fourth-order valence-corrected chi connectivity index (χ4v) is 0.446. The van der Waals surface area contributed by atoms with Gasteiger partial charge in [0.15, 0.2) is 0 Å². The van der Waals surface area contributed by atoms with Crippen LogP contribution in [-0.4, -0.2) is 18.6 Å². The molecule has 0 aliphatic carbocycles. The molecule has 0 N–H and O–H groups in total. The van der Waals surface area contributed by atoms with Gasteiger partial charge in [-0.15, -0.1) is 13.2 Å². The maximum absolute atomic E-state index is 11.3. The van der Waals surface area contributed by atoms with E-state index in [1.807, 2.05) is 0 Å². The highest BCUT2D eigenvalue weighted by molar-refractivity contribution is 5.65. The molecule has 0 saturated heterocycles. The summed E-state index contributed by atoms with van der Waals surface area (Å²) in [6, 6.07) is 0. The molecule has 1 unspecified atom stereocenters. The van der Waals surface area contributed by atoms with Crippen LogP contribution in [0, 0.1) is 0 Å². The fraction of sp³-hybridized carbons (Fsp3) is 0.800. The van der Waals surface area contributed by atoms with Crippen molar-refractivity contribution in [2.24, 2.45) is 0 Å². The smallest absolute Gasteiger partial charge is 0.436 e. The Hall–Kier alpha value is -0.780. The van der Waals surface area contributed by atoms with Gasteiger partial charge in [0.2, 0.25) is 6.29 Å². The summed E-state index contributed by atoms with van der Waals surface area (Å²) in [6.45, 7) is 1.98. The first-order valence-electron chi connectivity index (χ1n) is 2.73. The minimum Gasteiger partial charge on any atom is -0.436 e. The zero-order valence-corrected chi connectivity index (χ0v) is 5.94. The van der Waals surface area contributed by atoms with E-state index in [1.54, 1.807) is 0 Å². The third kappa shape index (κ3) is 7.11. The van der Waals surface area contributed by atoms with Crippen LogP contribution in [-0.2, 0) is 14.3 Å². The summed E-state index contributed by atoms with van der Waals surface area (Å²) >= 11 is 0. The zero-order valence-electron chi connectivity index (χ0n) is 5.94. The van der Waals surface area contributed by atoms with Gasteiger partial charge in [0, 0.05) is 6.92 Å². The van der Waals surface area contributed by atoms with Crippen LogP contribution in [0.25, 0.3) is 0 Å². The van der Waals surface area contributed by atoms with Crippen LogP contribution in [0.3, 0.4) is 0 Å². The van der Waals surface area contributed by atoms with Crippen LogP contribution in [0.1, 0.15) is 13.8 Å². The number of rotatable bonds is 2. The van der Waals surface area contributed by atoms with Crippen molar-refractivity contribution in [1.82, 2.24) is 0 Å². The monoisotopic (exact) mass is 172 g/mol. The predicted molar refractivity (Wildman–Crippen MR) is 28.4 cm³/mol. The van der Waals surface area contributed by atoms with E-state index < -0.39 is 18.6 Å².